The lowest BCUT2D eigenvalue weighted by molar-refractivity contribution is 1.29. The van der Waals surface area contributed by atoms with Crippen molar-refractivity contribution in [2.24, 2.45) is 0 Å². The van der Waals surface area contributed by atoms with E-state index in [2.05, 4.69) is 26.8 Å². The van der Waals surface area contributed by atoms with Crippen LogP contribution >= 0.6 is 27.3 Å². The van der Waals surface area contributed by atoms with Gasteiger partial charge < -0.3 is 0 Å². The monoisotopic (exact) mass is 200 g/mol. The Hall–Kier alpha value is -0.330. The molecule has 0 aliphatic heterocycles. The summed E-state index contributed by atoms with van der Waals surface area (Å²) in [5.41, 5.74) is 0.842. The second-order valence-corrected chi connectivity index (χ2v) is 3.47. The molecular weight excluding hydrogens is 198 g/mol. The molecule has 0 fully saturated rings. The summed E-state index contributed by atoms with van der Waals surface area (Å²) >= 11 is 4.74. The van der Waals surface area contributed by atoms with Crippen molar-refractivity contribution in [2.75, 3.05) is 0 Å². The van der Waals surface area contributed by atoms with E-state index < -0.39 is 0 Å². The minimum absolute atomic E-state index is 0.842. The summed E-state index contributed by atoms with van der Waals surface area (Å²) in [6, 6.07) is 0. The molecular formula is C6H3BrNS. The summed E-state index contributed by atoms with van der Waals surface area (Å²) in [5, 5.41) is 1.89. The van der Waals surface area contributed by atoms with Gasteiger partial charge in [-0.1, -0.05) is 5.92 Å². The second-order valence-electron chi connectivity index (χ2n) is 1.34. The lowest BCUT2D eigenvalue weighted by atomic mass is 10.4. The van der Waals surface area contributed by atoms with Gasteiger partial charge in [-0.15, -0.1) is 17.8 Å². The first-order valence-corrected chi connectivity index (χ1v) is 3.90. The van der Waals surface area contributed by atoms with Gasteiger partial charge in [-0.25, -0.2) is 4.98 Å². The third-order valence-corrected chi connectivity index (χ3v) is 2.11. The van der Waals surface area contributed by atoms with Crippen molar-refractivity contribution in [1.29, 1.82) is 0 Å². The summed E-state index contributed by atoms with van der Waals surface area (Å²) in [5.74, 6) is 2.40. The SMILES string of the molecule is C#C[CH]c1csc(Br)n1. The van der Waals surface area contributed by atoms with Crippen LogP contribution in [0.1, 0.15) is 5.69 Å². The van der Waals surface area contributed by atoms with Crippen molar-refractivity contribution in [3.8, 4) is 12.3 Å². The van der Waals surface area contributed by atoms with Crippen LogP contribution in [0, 0.1) is 18.8 Å². The first-order valence-electron chi connectivity index (χ1n) is 2.23. The number of hydrogen-bond donors (Lipinski definition) is 0. The normalized spacial score (nSPS) is 8.89. The molecule has 1 aromatic heterocycles. The molecule has 1 rings (SSSR count). The average Bonchev–Trinajstić information content (AvgIpc) is 2.17. The third kappa shape index (κ3) is 1.81. The Labute approximate surface area is 66.3 Å². The van der Waals surface area contributed by atoms with Crippen LogP contribution in [0.2, 0.25) is 0 Å². The minimum Gasteiger partial charge on any atom is -0.233 e. The zero-order valence-electron chi connectivity index (χ0n) is 4.47. The van der Waals surface area contributed by atoms with E-state index >= 15 is 0 Å². The van der Waals surface area contributed by atoms with Crippen LogP contribution in [0.15, 0.2) is 9.30 Å². The molecule has 0 unspecified atom stereocenters. The highest BCUT2D eigenvalue weighted by atomic mass is 79.9. The van der Waals surface area contributed by atoms with E-state index in [1.165, 1.54) is 11.3 Å². The van der Waals surface area contributed by atoms with E-state index in [4.69, 9.17) is 6.42 Å². The summed E-state index contributed by atoms with van der Waals surface area (Å²) in [6.45, 7) is 0. The number of hydrogen-bond acceptors (Lipinski definition) is 2. The van der Waals surface area contributed by atoms with Gasteiger partial charge in [0.1, 0.15) is 0 Å². The van der Waals surface area contributed by atoms with E-state index in [-0.39, 0.29) is 0 Å². The molecule has 0 N–H and O–H groups in total. The molecule has 0 amide bonds. The van der Waals surface area contributed by atoms with Crippen molar-refractivity contribution in [1.82, 2.24) is 4.98 Å². The summed E-state index contributed by atoms with van der Waals surface area (Å²) in [7, 11) is 0. The molecule has 0 saturated carbocycles. The smallest absolute Gasteiger partial charge is 0.159 e. The molecule has 0 aromatic carbocycles. The molecule has 0 atom stereocenters. The van der Waals surface area contributed by atoms with Crippen LogP contribution < -0.4 is 0 Å². The second kappa shape index (κ2) is 3.00. The molecule has 0 aliphatic carbocycles. The number of aromatic nitrogens is 1. The van der Waals surface area contributed by atoms with Crippen molar-refractivity contribution in [2.45, 2.75) is 0 Å². The van der Waals surface area contributed by atoms with Gasteiger partial charge >= 0.3 is 0 Å². The molecule has 45 valence electrons. The highest BCUT2D eigenvalue weighted by Crippen LogP contribution is 2.16. The number of terminal acetylenes is 1. The average molecular weight is 201 g/mol. The Morgan fingerprint density at radius 2 is 2.67 bits per heavy atom. The number of halogens is 1. The van der Waals surface area contributed by atoms with Crippen LogP contribution in [-0.2, 0) is 0 Å². The quantitative estimate of drug-likeness (QED) is 0.634. The maximum atomic E-state index is 5.01. The maximum Gasteiger partial charge on any atom is 0.159 e. The predicted octanol–water partition coefficient (Wildman–Crippen LogP) is 2.09. The van der Waals surface area contributed by atoms with Gasteiger partial charge in [0, 0.05) is 5.38 Å². The predicted molar refractivity (Wildman–Crippen MR) is 42.0 cm³/mol. The van der Waals surface area contributed by atoms with Gasteiger partial charge in [0.2, 0.25) is 0 Å². The van der Waals surface area contributed by atoms with Crippen LogP contribution in [-0.4, -0.2) is 4.98 Å². The Kier molecular flexibility index (Phi) is 2.26. The van der Waals surface area contributed by atoms with Crippen molar-refractivity contribution in [3.05, 3.63) is 21.4 Å². The number of rotatable bonds is 1. The molecule has 1 nitrogen and oxygen atoms in total. The zero-order valence-corrected chi connectivity index (χ0v) is 6.87. The molecule has 0 spiro atoms. The van der Waals surface area contributed by atoms with Gasteiger partial charge in [0.25, 0.3) is 0 Å². The van der Waals surface area contributed by atoms with E-state index in [1.807, 2.05) is 5.38 Å². The van der Waals surface area contributed by atoms with E-state index in [1.54, 1.807) is 6.42 Å². The van der Waals surface area contributed by atoms with Gasteiger partial charge in [0.05, 0.1) is 12.1 Å². The fourth-order valence-corrected chi connectivity index (χ4v) is 1.40. The zero-order chi connectivity index (χ0) is 6.69. The summed E-state index contributed by atoms with van der Waals surface area (Å²) in [6.07, 6.45) is 6.64. The fourth-order valence-electron chi connectivity index (χ4n) is 0.415. The van der Waals surface area contributed by atoms with E-state index in [9.17, 15) is 0 Å². The number of nitrogens with zero attached hydrogens (tertiary/aromatic N) is 1. The minimum atomic E-state index is 0.842. The van der Waals surface area contributed by atoms with Gasteiger partial charge in [-0.3, -0.25) is 0 Å². The van der Waals surface area contributed by atoms with E-state index in [0.29, 0.717) is 0 Å². The summed E-state index contributed by atoms with van der Waals surface area (Å²) in [4.78, 5) is 4.04. The largest absolute Gasteiger partial charge is 0.233 e. The molecule has 1 aromatic rings. The molecule has 9 heavy (non-hydrogen) atoms. The maximum absolute atomic E-state index is 5.01. The van der Waals surface area contributed by atoms with Gasteiger partial charge in [-0.2, -0.15) is 0 Å². The molecule has 1 heterocycles. The fraction of sp³-hybridized carbons (Fsp3) is 0. The van der Waals surface area contributed by atoms with Crippen molar-refractivity contribution < 1.29 is 0 Å². The van der Waals surface area contributed by atoms with Crippen LogP contribution in [0.5, 0.6) is 0 Å². The highest BCUT2D eigenvalue weighted by molar-refractivity contribution is 9.11. The Morgan fingerprint density at radius 3 is 3.11 bits per heavy atom. The molecule has 0 saturated heterocycles. The van der Waals surface area contributed by atoms with Gasteiger partial charge in [0.15, 0.2) is 3.92 Å². The highest BCUT2D eigenvalue weighted by Gasteiger charge is 1.94. The molecule has 0 bridgehead atoms. The van der Waals surface area contributed by atoms with Gasteiger partial charge in [-0.05, 0) is 15.9 Å². The first kappa shape index (κ1) is 6.79. The Bertz CT molecular complexity index is 235. The standard InChI is InChI=1S/C6H3BrNS/c1-2-3-5-4-9-6(7)8-5/h1,3-4H. The molecule has 0 aliphatic rings. The lowest BCUT2D eigenvalue weighted by Crippen LogP contribution is -1.74. The third-order valence-electron chi connectivity index (χ3n) is 0.725. The lowest BCUT2D eigenvalue weighted by Gasteiger charge is -1.78. The Balaban J connectivity index is 2.76. The first-order chi connectivity index (χ1) is 4.33. The molecule has 3 heteroatoms. The molecule has 1 radical (unpaired) electrons. The van der Waals surface area contributed by atoms with Crippen molar-refractivity contribution >= 4 is 27.3 Å². The Morgan fingerprint density at radius 1 is 1.89 bits per heavy atom. The summed E-state index contributed by atoms with van der Waals surface area (Å²) < 4.78 is 0.865. The van der Waals surface area contributed by atoms with Crippen molar-refractivity contribution in [3.63, 3.8) is 0 Å². The van der Waals surface area contributed by atoms with Crippen LogP contribution in [0.25, 0.3) is 0 Å². The van der Waals surface area contributed by atoms with E-state index in [0.717, 1.165) is 9.61 Å². The van der Waals surface area contributed by atoms with Crippen LogP contribution in [0.4, 0.5) is 0 Å². The topological polar surface area (TPSA) is 12.9 Å². The van der Waals surface area contributed by atoms with Crippen LogP contribution in [0.3, 0.4) is 0 Å². The number of thiazole rings is 1.